The van der Waals surface area contributed by atoms with E-state index in [0.717, 1.165) is 36.7 Å². The number of rotatable bonds is 4. The highest BCUT2D eigenvalue weighted by Crippen LogP contribution is 2.43. The van der Waals surface area contributed by atoms with Gasteiger partial charge in [-0.2, -0.15) is 0 Å². The summed E-state index contributed by atoms with van der Waals surface area (Å²) in [6, 6.07) is 1.99. The minimum Gasteiger partial charge on any atom is -0.468 e. The summed E-state index contributed by atoms with van der Waals surface area (Å²) in [6.45, 7) is 6.53. The molecule has 120 valence electrons. The van der Waals surface area contributed by atoms with Gasteiger partial charge < -0.3 is 14.4 Å². The van der Waals surface area contributed by atoms with Crippen LogP contribution in [0.1, 0.15) is 24.9 Å². The summed E-state index contributed by atoms with van der Waals surface area (Å²) in [6.07, 6.45) is 1.89. The van der Waals surface area contributed by atoms with E-state index in [4.69, 9.17) is 9.47 Å². The molecule has 2 saturated heterocycles. The van der Waals surface area contributed by atoms with Crippen molar-refractivity contribution in [3.05, 3.63) is 17.6 Å². The predicted octanol–water partition coefficient (Wildman–Crippen LogP) is 1.36. The summed E-state index contributed by atoms with van der Waals surface area (Å²) in [7, 11) is 1.45. The zero-order valence-electron chi connectivity index (χ0n) is 13.5. The Morgan fingerprint density at radius 2 is 2.36 bits per heavy atom. The predicted molar refractivity (Wildman–Crippen MR) is 81.7 cm³/mol. The molecule has 3 rings (SSSR count). The molecule has 0 saturated carbocycles. The van der Waals surface area contributed by atoms with Crippen LogP contribution < -0.4 is 4.90 Å². The van der Waals surface area contributed by atoms with Gasteiger partial charge in [-0.05, 0) is 13.3 Å². The van der Waals surface area contributed by atoms with Crippen LogP contribution >= 0.6 is 0 Å². The van der Waals surface area contributed by atoms with Crippen molar-refractivity contribution in [2.75, 3.05) is 38.3 Å². The van der Waals surface area contributed by atoms with Crippen LogP contribution in [0.2, 0.25) is 0 Å². The maximum Gasteiger partial charge on any atom is 0.316 e. The zero-order valence-corrected chi connectivity index (χ0v) is 13.5. The molecule has 2 atom stereocenters. The van der Waals surface area contributed by atoms with Crippen LogP contribution in [0.15, 0.2) is 6.07 Å². The number of aryl methyl sites for hydroxylation is 2. The molecule has 2 fully saturated rings. The number of carbonyl (C=O) groups is 1. The van der Waals surface area contributed by atoms with Crippen LogP contribution in [0, 0.1) is 18.3 Å². The number of nitrogens with zero attached hydrogens (tertiary/aromatic N) is 3. The monoisotopic (exact) mass is 305 g/mol. The van der Waals surface area contributed by atoms with Crippen molar-refractivity contribution in [1.29, 1.82) is 0 Å². The van der Waals surface area contributed by atoms with E-state index in [9.17, 15) is 4.79 Å². The Kier molecular flexibility index (Phi) is 4.04. The summed E-state index contributed by atoms with van der Waals surface area (Å²) in [5.41, 5.74) is 0.423. The Labute approximate surface area is 130 Å². The molecule has 0 bridgehead atoms. The molecule has 1 aromatic heterocycles. The van der Waals surface area contributed by atoms with E-state index in [1.54, 1.807) is 0 Å². The van der Waals surface area contributed by atoms with E-state index >= 15 is 0 Å². The number of methoxy groups -OCH3 is 1. The number of ether oxygens (including phenoxy) is 2. The normalized spacial score (nSPS) is 27.0. The highest BCUT2D eigenvalue weighted by atomic mass is 16.5. The zero-order chi connectivity index (χ0) is 15.7. The average molecular weight is 305 g/mol. The summed E-state index contributed by atoms with van der Waals surface area (Å²) in [5.74, 6) is 1.79. The minimum atomic E-state index is -0.543. The van der Waals surface area contributed by atoms with Crippen LogP contribution in [-0.4, -0.2) is 49.4 Å². The SMILES string of the molecule is CCCc1nc(C)cc(N2C[C@H]3COC[C@@]3(C(=O)OC)C2)n1. The first-order valence-corrected chi connectivity index (χ1v) is 7.84. The number of fused-ring (bicyclic) bond motifs is 1. The van der Waals surface area contributed by atoms with Crippen LogP contribution in [-0.2, 0) is 20.7 Å². The highest BCUT2D eigenvalue weighted by Gasteiger charge is 2.57. The number of aromatic nitrogens is 2. The number of carbonyl (C=O) groups excluding carboxylic acids is 1. The number of anilines is 1. The quantitative estimate of drug-likeness (QED) is 0.783. The van der Waals surface area contributed by atoms with Gasteiger partial charge in [0.1, 0.15) is 17.1 Å². The number of esters is 1. The topological polar surface area (TPSA) is 64.6 Å². The lowest BCUT2D eigenvalue weighted by molar-refractivity contribution is -0.152. The van der Waals surface area contributed by atoms with Crippen molar-refractivity contribution >= 4 is 11.8 Å². The molecule has 0 amide bonds. The van der Waals surface area contributed by atoms with Crippen LogP contribution in [0.25, 0.3) is 0 Å². The summed E-state index contributed by atoms with van der Waals surface area (Å²) < 4.78 is 10.6. The second-order valence-electron chi connectivity index (χ2n) is 6.27. The van der Waals surface area contributed by atoms with E-state index in [1.165, 1.54) is 7.11 Å². The van der Waals surface area contributed by atoms with Gasteiger partial charge in [0, 0.05) is 37.2 Å². The Morgan fingerprint density at radius 3 is 3.09 bits per heavy atom. The fraction of sp³-hybridized carbons (Fsp3) is 0.688. The first kappa shape index (κ1) is 15.2. The number of hydrogen-bond donors (Lipinski definition) is 0. The molecule has 0 aliphatic carbocycles. The molecule has 22 heavy (non-hydrogen) atoms. The average Bonchev–Trinajstić information content (AvgIpc) is 3.04. The van der Waals surface area contributed by atoms with E-state index in [-0.39, 0.29) is 11.9 Å². The molecule has 3 heterocycles. The molecule has 0 spiro atoms. The number of hydrogen-bond acceptors (Lipinski definition) is 6. The minimum absolute atomic E-state index is 0.169. The summed E-state index contributed by atoms with van der Waals surface area (Å²) in [5, 5.41) is 0. The molecule has 0 N–H and O–H groups in total. The molecule has 0 unspecified atom stereocenters. The molecule has 6 heteroatoms. The lowest BCUT2D eigenvalue weighted by atomic mass is 9.81. The lowest BCUT2D eigenvalue weighted by Gasteiger charge is -2.24. The van der Waals surface area contributed by atoms with Gasteiger partial charge >= 0.3 is 5.97 Å². The van der Waals surface area contributed by atoms with Gasteiger partial charge in [-0.3, -0.25) is 4.79 Å². The van der Waals surface area contributed by atoms with Crippen LogP contribution in [0.3, 0.4) is 0 Å². The molecule has 1 aromatic rings. The maximum absolute atomic E-state index is 12.3. The standard InChI is InChI=1S/C16H23N3O3/c1-4-5-13-17-11(2)6-14(18-13)19-7-12-8-22-10-16(12,9-19)15(20)21-3/h6,12H,4-5,7-10H2,1-3H3/t12-,16-/m0/s1. The van der Waals surface area contributed by atoms with Crippen molar-refractivity contribution in [2.24, 2.45) is 11.3 Å². The van der Waals surface area contributed by atoms with Crippen LogP contribution in [0.5, 0.6) is 0 Å². The van der Waals surface area contributed by atoms with Crippen molar-refractivity contribution in [3.63, 3.8) is 0 Å². The largest absolute Gasteiger partial charge is 0.468 e. The third-order valence-corrected chi connectivity index (χ3v) is 4.65. The molecule has 0 aromatic carbocycles. The summed E-state index contributed by atoms with van der Waals surface area (Å²) in [4.78, 5) is 23.6. The second kappa shape index (κ2) is 5.83. The van der Waals surface area contributed by atoms with E-state index in [1.807, 2.05) is 13.0 Å². The van der Waals surface area contributed by atoms with Crippen molar-refractivity contribution < 1.29 is 14.3 Å². The highest BCUT2D eigenvalue weighted by molar-refractivity contribution is 5.79. The molecule has 2 aliphatic rings. The Bertz CT molecular complexity index is 578. The smallest absolute Gasteiger partial charge is 0.316 e. The third-order valence-electron chi connectivity index (χ3n) is 4.65. The Morgan fingerprint density at radius 1 is 1.55 bits per heavy atom. The van der Waals surface area contributed by atoms with E-state index in [2.05, 4.69) is 21.8 Å². The fourth-order valence-corrected chi connectivity index (χ4v) is 3.51. The van der Waals surface area contributed by atoms with Gasteiger partial charge in [-0.1, -0.05) is 6.92 Å². The Balaban J connectivity index is 1.87. The van der Waals surface area contributed by atoms with E-state index in [0.29, 0.717) is 19.8 Å². The third kappa shape index (κ3) is 2.45. The second-order valence-corrected chi connectivity index (χ2v) is 6.27. The lowest BCUT2D eigenvalue weighted by Crippen LogP contribution is -2.40. The van der Waals surface area contributed by atoms with Gasteiger partial charge in [0.15, 0.2) is 0 Å². The molecular formula is C16H23N3O3. The maximum atomic E-state index is 12.3. The molecule has 6 nitrogen and oxygen atoms in total. The van der Waals surface area contributed by atoms with Crippen molar-refractivity contribution in [1.82, 2.24) is 9.97 Å². The van der Waals surface area contributed by atoms with Crippen LogP contribution in [0.4, 0.5) is 5.82 Å². The first-order valence-electron chi connectivity index (χ1n) is 7.84. The molecule has 2 aliphatic heterocycles. The fourth-order valence-electron chi connectivity index (χ4n) is 3.51. The van der Waals surface area contributed by atoms with Gasteiger partial charge in [-0.25, -0.2) is 9.97 Å². The van der Waals surface area contributed by atoms with Gasteiger partial charge in [0.05, 0.1) is 20.3 Å². The molecular weight excluding hydrogens is 282 g/mol. The van der Waals surface area contributed by atoms with Crippen molar-refractivity contribution in [2.45, 2.75) is 26.7 Å². The van der Waals surface area contributed by atoms with Crippen molar-refractivity contribution in [3.8, 4) is 0 Å². The molecule has 0 radical (unpaired) electrons. The Hall–Kier alpha value is -1.69. The summed E-state index contributed by atoms with van der Waals surface area (Å²) >= 11 is 0. The van der Waals surface area contributed by atoms with E-state index < -0.39 is 5.41 Å². The first-order chi connectivity index (χ1) is 10.6. The van der Waals surface area contributed by atoms with Gasteiger partial charge in [0.2, 0.25) is 0 Å². The van der Waals surface area contributed by atoms with Gasteiger partial charge in [-0.15, -0.1) is 0 Å². The van der Waals surface area contributed by atoms with Gasteiger partial charge in [0.25, 0.3) is 0 Å².